The first-order valence-electron chi connectivity index (χ1n) is 7.71. The molecule has 0 aromatic carbocycles. The van der Waals surface area contributed by atoms with Crippen LogP contribution >= 0.6 is 0 Å². The van der Waals surface area contributed by atoms with Gasteiger partial charge in [0, 0.05) is 26.8 Å². The number of fused-ring (bicyclic) bond motifs is 1. The number of furan rings is 1. The van der Waals surface area contributed by atoms with Gasteiger partial charge in [-0.15, -0.1) is 0 Å². The van der Waals surface area contributed by atoms with E-state index >= 15 is 0 Å². The summed E-state index contributed by atoms with van der Waals surface area (Å²) >= 11 is 0. The highest BCUT2D eigenvalue weighted by Gasteiger charge is 2.22. The molecule has 2 heterocycles. The monoisotopic (exact) mass is 321 g/mol. The fourth-order valence-electron chi connectivity index (χ4n) is 2.44. The highest BCUT2D eigenvalue weighted by molar-refractivity contribution is 6.06. The number of nitrogens with one attached hydrogen (secondary N) is 1. The number of hydrogen-bond acceptors (Lipinski definition) is 5. The average Bonchev–Trinajstić information content (AvgIpc) is 2.83. The Morgan fingerprint density at radius 2 is 2.22 bits per heavy atom. The van der Waals surface area contributed by atoms with Gasteiger partial charge in [0.25, 0.3) is 11.5 Å². The highest BCUT2D eigenvalue weighted by Crippen LogP contribution is 2.20. The summed E-state index contributed by atoms with van der Waals surface area (Å²) in [4.78, 5) is 29.2. The average molecular weight is 321 g/mol. The Bertz CT molecular complexity index is 746. The van der Waals surface area contributed by atoms with Crippen LogP contribution in [0.3, 0.4) is 0 Å². The van der Waals surface area contributed by atoms with Crippen LogP contribution in [0.4, 0.5) is 0 Å². The minimum Gasteiger partial charge on any atom is -0.442 e. The van der Waals surface area contributed by atoms with Crippen molar-refractivity contribution in [3.8, 4) is 0 Å². The topological polar surface area (TPSA) is 86.4 Å². The van der Waals surface area contributed by atoms with Crippen LogP contribution in [0.2, 0.25) is 0 Å². The third-order valence-corrected chi connectivity index (χ3v) is 3.45. The van der Waals surface area contributed by atoms with Crippen molar-refractivity contribution in [1.82, 2.24) is 14.9 Å². The van der Waals surface area contributed by atoms with Crippen molar-refractivity contribution in [3.05, 3.63) is 28.0 Å². The maximum atomic E-state index is 12.6. The Labute approximate surface area is 134 Å². The van der Waals surface area contributed by atoms with Crippen molar-refractivity contribution in [2.24, 2.45) is 5.92 Å². The number of hydrogen-bond donors (Lipinski definition) is 1. The summed E-state index contributed by atoms with van der Waals surface area (Å²) in [5, 5.41) is 3.03. The first-order valence-corrected chi connectivity index (χ1v) is 7.71. The number of carbonyl (C=O) groups excluding carboxylic acids is 1. The molecule has 0 radical (unpaired) electrons. The van der Waals surface area contributed by atoms with E-state index in [0.29, 0.717) is 37.8 Å². The molecule has 0 spiro atoms. The molecule has 2 aromatic rings. The maximum Gasteiger partial charge on any atom is 0.265 e. The Kier molecular flexibility index (Phi) is 5.54. The summed E-state index contributed by atoms with van der Waals surface area (Å²) < 4.78 is 11.9. The van der Waals surface area contributed by atoms with Crippen molar-refractivity contribution in [2.45, 2.75) is 33.7 Å². The van der Waals surface area contributed by atoms with Crippen molar-refractivity contribution in [3.63, 3.8) is 0 Å². The zero-order valence-electron chi connectivity index (χ0n) is 14.0. The molecule has 0 saturated heterocycles. The van der Waals surface area contributed by atoms with Gasteiger partial charge in [-0.05, 0) is 19.3 Å². The molecular formula is C16H23N3O4. The first-order chi connectivity index (χ1) is 11.0. The van der Waals surface area contributed by atoms with Crippen molar-refractivity contribution in [1.29, 1.82) is 0 Å². The van der Waals surface area contributed by atoms with Gasteiger partial charge in [0.1, 0.15) is 17.5 Å². The van der Waals surface area contributed by atoms with E-state index in [1.165, 1.54) is 10.9 Å². The second-order valence-corrected chi connectivity index (χ2v) is 5.91. The molecule has 0 aliphatic heterocycles. The molecule has 2 aromatic heterocycles. The van der Waals surface area contributed by atoms with Gasteiger partial charge < -0.3 is 14.5 Å². The van der Waals surface area contributed by atoms with E-state index in [1.807, 2.05) is 13.8 Å². The molecule has 0 bridgehead atoms. The Hall–Kier alpha value is -2.15. The van der Waals surface area contributed by atoms with Crippen molar-refractivity contribution >= 4 is 17.0 Å². The molecule has 23 heavy (non-hydrogen) atoms. The third-order valence-electron chi connectivity index (χ3n) is 3.45. The zero-order chi connectivity index (χ0) is 17.0. The summed E-state index contributed by atoms with van der Waals surface area (Å²) in [7, 11) is 1.61. The molecule has 0 fully saturated rings. The van der Waals surface area contributed by atoms with Gasteiger partial charge in [0.15, 0.2) is 0 Å². The summed E-state index contributed by atoms with van der Waals surface area (Å²) in [6.07, 6.45) is 2.17. The third kappa shape index (κ3) is 3.79. The molecule has 0 unspecified atom stereocenters. The Morgan fingerprint density at radius 1 is 1.48 bits per heavy atom. The number of aryl methyl sites for hydroxylation is 1. The van der Waals surface area contributed by atoms with Gasteiger partial charge in [0.2, 0.25) is 5.71 Å². The van der Waals surface area contributed by atoms with Crippen molar-refractivity contribution in [2.75, 3.05) is 20.3 Å². The van der Waals surface area contributed by atoms with Gasteiger partial charge in [-0.3, -0.25) is 14.2 Å². The lowest BCUT2D eigenvalue weighted by molar-refractivity contribution is 0.0948. The molecule has 0 aliphatic rings. The van der Waals surface area contributed by atoms with Gasteiger partial charge >= 0.3 is 0 Å². The summed E-state index contributed by atoms with van der Waals surface area (Å²) in [5.41, 5.74) is 0.227. The molecule has 1 amide bonds. The zero-order valence-corrected chi connectivity index (χ0v) is 14.0. The number of aromatic nitrogens is 2. The molecule has 7 heteroatoms. The number of carbonyl (C=O) groups is 1. The SMILES string of the molecule is COCCCNC(=O)c1c(C)oc2ncn(CC(C)C)c(=O)c12. The minimum absolute atomic E-state index is 0.203. The molecule has 2 rings (SSSR count). The summed E-state index contributed by atoms with van der Waals surface area (Å²) in [6.45, 7) is 7.27. The van der Waals surface area contributed by atoms with E-state index in [-0.39, 0.29) is 28.1 Å². The molecule has 0 saturated carbocycles. The van der Waals surface area contributed by atoms with Crippen LogP contribution in [0.5, 0.6) is 0 Å². The van der Waals surface area contributed by atoms with Crippen LogP contribution in [-0.2, 0) is 11.3 Å². The second-order valence-electron chi connectivity index (χ2n) is 5.91. The standard InChI is InChI=1S/C16H23N3O4/c1-10(2)8-19-9-18-15-13(16(19)21)12(11(3)23-15)14(20)17-6-5-7-22-4/h9-10H,5-8H2,1-4H3,(H,17,20). The first kappa shape index (κ1) is 17.2. The Balaban J connectivity index is 2.37. The van der Waals surface area contributed by atoms with Gasteiger partial charge in [-0.2, -0.15) is 0 Å². The Morgan fingerprint density at radius 3 is 2.87 bits per heavy atom. The van der Waals surface area contributed by atoms with Crippen LogP contribution in [0.25, 0.3) is 11.1 Å². The van der Waals surface area contributed by atoms with E-state index in [9.17, 15) is 9.59 Å². The van der Waals surface area contributed by atoms with Crippen LogP contribution in [0, 0.1) is 12.8 Å². The molecule has 0 aliphatic carbocycles. The molecular weight excluding hydrogens is 298 g/mol. The summed E-state index contributed by atoms with van der Waals surface area (Å²) in [6, 6.07) is 0. The number of amides is 1. The number of rotatable bonds is 7. The fraction of sp³-hybridized carbons (Fsp3) is 0.562. The van der Waals surface area contributed by atoms with Crippen molar-refractivity contribution < 1.29 is 13.9 Å². The maximum absolute atomic E-state index is 12.6. The second kappa shape index (κ2) is 7.41. The predicted molar refractivity (Wildman–Crippen MR) is 86.7 cm³/mol. The van der Waals surface area contributed by atoms with Crippen LogP contribution in [0.1, 0.15) is 36.4 Å². The lowest BCUT2D eigenvalue weighted by Crippen LogP contribution is -2.28. The largest absolute Gasteiger partial charge is 0.442 e. The fourth-order valence-corrected chi connectivity index (χ4v) is 2.44. The minimum atomic E-state index is -0.321. The van der Waals surface area contributed by atoms with E-state index < -0.39 is 0 Å². The number of ether oxygens (including phenoxy) is 1. The predicted octanol–water partition coefficient (Wildman–Crippen LogP) is 1.72. The molecule has 126 valence electrons. The lowest BCUT2D eigenvalue weighted by atomic mass is 10.1. The molecule has 1 N–H and O–H groups in total. The lowest BCUT2D eigenvalue weighted by Gasteiger charge is -2.08. The highest BCUT2D eigenvalue weighted by atomic mass is 16.5. The number of nitrogens with zero attached hydrogens (tertiary/aromatic N) is 2. The van der Waals surface area contributed by atoms with Crippen LogP contribution in [-0.4, -0.2) is 35.7 Å². The smallest absolute Gasteiger partial charge is 0.265 e. The van der Waals surface area contributed by atoms with E-state index in [4.69, 9.17) is 9.15 Å². The van der Waals surface area contributed by atoms with E-state index in [0.717, 1.165) is 0 Å². The van der Waals surface area contributed by atoms with Gasteiger partial charge in [-0.25, -0.2) is 4.98 Å². The van der Waals surface area contributed by atoms with Gasteiger partial charge in [0.05, 0.1) is 5.56 Å². The van der Waals surface area contributed by atoms with Crippen LogP contribution in [0.15, 0.2) is 15.5 Å². The van der Waals surface area contributed by atoms with E-state index in [1.54, 1.807) is 14.0 Å². The normalized spacial score (nSPS) is 11.3. The van der Waals surface area contributed by atoms with E-state index in [2.05, 4.69) is 10.3 Å². The number of methoxy groups -OCH3 is 1. The van der Waals surface area contributed by atoms with Gasteiger partial charge in [-0.1, -0.05) is 13.8 Å². The quantitative estimate of drug-likeness (QED) is 0.785. The molecule has 7 nitrogen and oxygen atoms in total. The van der Waals surface area contributed by atoms with Crippen LogP contribution < -0.4 is 10.9 Å². The molecule has 0 atom stereocenters. The summed E-state index contributed by atoms with van der Waals surface area (Å²) in [5.74, 6) is 0.376.